The van der Waals surface area contributed by atoms with Crippen LogP contribution in [0, 0.1) is 0 Å². The van der Waals surface area contributed by atoms with Gasteiger partial charge in [-0.15, -0.1) is 10.2 Å². The first-order valence-corrected chi connectivity index (χ1v) is 16.2. The van der Waals surface area contributed by atoms with Crippen molar-refractivity contribution in [2.45, 2.75) is 70.4 Å². The summed E-state index contributed by atoms with van der Waals surface area (Å²) in [6.45, 7) is 4.12. The van der Waals surface area contributed by atoms with Crippen molar-refractivity contribution in [3.63, 3.8) is 0 Å². The molecule has 1 aliphatic carbocycles. The number of nitrogens with one attached hydrogen (secondary N) is 1. The molecule has 0 spiro atoms. The minimum absolute atomic E-state index is 0.0275. The van der Waals surface area contributed by atoms with Crippen molar-refractivity contribution in [1.29, 1.82) is 0 Å². The fourth-order valence-corrected chi connectivity index (χ4v) is 7.19. The van der Waals surface area contributed by atoms with E-state index in [0.717, 1.165) is 52.8 Å². The highest BCUT2D eigenvalue weighted by atomic mass is 16.5. The zero-order valence-electron chi connectivity index (χ0n) is 26.4. The Hall–Kier alpha value is -5.32. The smallest absolute Gasteiger partial charge is 0.339 e. The van der Waals surface area contributed by atoms with Gasteiger partial charge in [0.25, 0.3) is 5.56 Å². The van der Waals surface area contributed by atoms with Crippen LogP contribution in [-0.2, 0) is 27.9 Å². The summed E-state index contributed by atoms with van der Waals surface area (Å²) in [4.78, 5) is 40.3. The molecule has 1 N–H and O–H groups in total. The topological polar surface area (TPSA) is 134 Å². The minimum atomic E-state index is -0.973. The predicted octanol–water partition coefficient (Wildman–Crippen LogP) is 5.65. The fourth-order valence-electron chi connectivity index (χ4n) is 7.19. The summed E-state index contributed by atoms with van der Waals surface area (Å²) in [5, 5.41) is 14.5. The van der Waals surface area contributed by atoms with E-state index in [0.29, 0.717) is 42.8 Å². The number of ether oxygens (including phenoxy) is 2. The van der Waals surface area contributed by atoms with Gasteiger partial charge in [-0.3, -0.25) is 9.48 Å². The highest BCUT2D eigenvalue weighted by molar-refractivity contribution is 5.89. The third kappa shape index (κ3) is 5.35. The van der Waals surface area contributed by atoms with Gasteiger partial charge < -0.3 is 9.47 Å². The van der Waals surface area contributed by atoms with Gasteiger partial charge >= 0.3 is 11.9 Å². The summed E-state index contributed by atoms with van der Waals surface area (Å²) >= 11 is 0. The lowest BCUT2D eigenvalue weighted by Gasteiger charge is -2.47. The first-order valence-electron chi connectivity index (χ1n) is 16.2. The maximum atomic E-state index is 14.2. The van der Waals surface area contributed by atoms with E-state index in [4.69, 9.17) is 9.47 Å². The number of carbonyl (C=O) groups is 2. The van der Waals surface area contributed by atoms with Crippen LogP contribution >= 0.6 is 0 Å². The van der Waals surface area contributed by atoms with Gasteiger partial charge in [-0.2, -0.15) is 5.21 Å². The number of benzene rings is 3. The monoisotopic (exact) mass is 632 g/mol. The van der Waals surface area contributed by atoms with Crippen molar-refractivity contribution in [2.24, 2.45) is 0 Å². The normalized spacial score (nSPS) is 18.1. The summed E-state index contributed by atoms with van der Waals surface area (Å²) in [5.41, 5.74) is 4.90. The predicted molar refractivity (Wildman–Crippen MR) is 174 cm³/mol. The molecule has 2 bridgehead atoms. The van der Waals surface area contributed by atoms with Crippen molar-refractivity contribution in [1.82, 2.24) is 30.0 Å². The lowest BCUT2D eigenvalue weighted by Crippen LogP contribution is -2.56. The summed E-state index contributed by atoms with van der Waals surface area (Å²) in [5.74, 6) is 0.0734. The van der Waals surface area contributed by atoms with E-state index in [1.54, 1.807) is 31.2 Å². The second kappa shape index (κ2) is 12.5. The number of fused-ring (bicyclic) bond motifs is 2. The van der Waals surface area contributed by atoms with Crippen LogP contribution in [0.5, 0.6) is 5.75 Å². The fraction of sp³-hybridized carbons (Fsp3) is 0.333. The van der Waals surface area contributed by atoms with Gasteiger partial charge in [0.1, 0.15) is 5.75 Å². The molecule has 3 aromatic carbocycles. The number of tetrazole rings is 1. The number of aromatic amines is 1. The van der Waals surface area contributed by atoms with Crippen LogP contribution in [0.15, 0.2) is 77.6 Å². The zero-order chi connectivity index (χ0) is 32.5. The van der Waals surface area contributed by atoms with E-state index in [2.05, 4.69) is 51.8 Å². The average molecular weight is 633 g/mol. The van der Waals surface area contributed by atoms with Gasteiger partial charge in [-0.05, 0) is 85.2 Å². The molecule has 5 aromatic rings. The van der Waals surface area contributed by atoms with Crippen LogP contribution in [0.1, 0.15) is 79.2 Å². The molecule has 1 fully saturated rings. The third-order valence-electron chi connectivity index (χ3n) is 9.42. The van der Waals surface area contributed by atoms with E-state index < -0.39 is 11.5 Å². The maximum Gasteiger partial charge on any atom is 0.339 e. The first kappa shape index (κ1) is 30.3. The highest BCUT2D eigenvalue weighted by Gasteiger charge is 2.53. The van der Waals surface area contributed by atoms with Gasteiger partial charge in [0.2, 0.25) is 5.82 Å². The standard InChI is InChI=1S/C36H36N6O5/c1-3-7-31-30(22-23-10-12-24(13-11-23)28-8-5-6-9-29(28)32-37-39-40-38-32)33(43)41-26-18-20-36(21-19-26,42(31)41)35(45)47-27-16-14-25(15-17-27)34(44)46-4-2/h5-6,8-17,26H,3-4,7,18-22H2,1-2H3,(H,37,38,39,40). The van der Waals surface area contributed by atoms with Gasteiger partial charge in [0.05, 0.1) is 18.2 Å². The number of nitrogens with zero attached hydrogens (tertiary/aromatic N) is 5. The molecule has 3 aliphatic rings. The Bertz CT molecular complexity index is 1970. The molecule has 11 heteroatoms. The van der Waals surface area contributed by atoms with Gasteiger partial charge in [-0.1, -0.05) is 61.9 Å². The van der Waals surface area contributed by atoms with Crippen LogP contribution in [0.4, 0.5) is 0 Å². The number of rotatable bonds is 10. The molecule has 11 nitrogen and oxygen atoms in total. The summed E-state index contributed by atoms with van der Waals surface area (Å²) in [6, 6.07) is 22.6. The molecule has 0 atom stereocenters. The molecule has 4 heterocycles. The lowest BCUT2D eigenvalue weighted by molar-refractivity contribution is -0.152. The molecule has 0 amide bonds. The molecular weight excluding hydrogens is 596 g/mol. The van der Waals surface area contributed by atoms with E-state index in [1.807, 2.05) is 33.6 Å². The molecular formula is C36H36N6O5. The molecule has 2 aromatic heterocycles. The zero-order valence-corrected chi connectivity index (χ0v) is 26.4. The Morgan fingerprint density at radius 1 is 0.957 bits per heavy atom. The Kier molecular flexibility index (Phi) is 8.05. The quantitative estimate of drug-likeness (QED) is 0.154. The number of H-pyrrole nitrogens is 1. The van der Waals surface area contributed by atoms with Crippen LogP contribution < -0.4 is 10.3 Å². The van der Waals surface area contributed by atoms with Gasteiger partial charge in [0, 0.05) is 23.2 Å². The second-order valence-electron chi connectivity index (χ2n) is 12.2. The van der Waals surface area contributed by atoms with E-state index in [-0.39, 0.29) is 24.2 Å². The number of aromatic nitrogens is 6. The third-order valence-corrected chi connectivity index (χ3v) is 9.42. The molecule has 2 aliphatic heterocycles. The van der Waals surface area contributed by atoms with Crippen molar-refractivity contribution < 1.29 is 19.1 Å². The van der Waals surface area contributed by atoms with E-state index >= 15 is 0 Å². The second-order valence-corrected chi connectivity index (χ2v) is 12.2. The Morgan fingerprint density at radius 2 is 1.68 bits per heavy atom. The van der Waals surface area contributed by atoms with E-state index in [1.165, 1.54) is 0 Å². The average Bonchev–Trinajstić information content (AvgIpc) is 3.75. The van der Waals surface area contributed by atoms with Crippen molar-refractivity contribution in [2.75, 3.05) is 6.61 Å². The van der Waals surface area contributed by atoms with Gasteiger partial charge in [0.15, 0.2) is 5.54 Å². The Labute approximate surface area is 271 Å². The molecule has 47 heavy (non-hydrogen) atoms. The summed E-state index contributed by atoms with van der Waals surface area (Å²) in [7, 11) is 0. The first-order chi connectivity index (χ1) is 22.9. The molecule has 0 unspecified atom stereocenters. The minimum Gasteiger partial charge on any atom is -0.462 e. The number of hydrogen-bond donors (Lipinski definition) is 1. The maximum absolute atomic E-state index is 14.2. The van der Waals surface area contributed by atoms with Crippen molar-refractivity contribution >= 4 is 11.9 Å². The molecule has 8 rings (SSSR count). The van der Waals surface area contributed by atoms with Crippen molar-refractivity contribution in [3.8, 4) is 28.3 Å². The summed E-state index contributed by atoms with van der Waals surface area (Å²) in [6.07, 6.45) is 4.64. The molecule has 240 valence electrons. The van der Waals surface area contributed by atoms with Crippen LogP contribution in [0.2, 0.25) is 0 Å². The Morgan fingerprint density at radius 3 is 2.34 bits per heavy atom. The Balaban J connectivity index is 1.20. The van der Waals surface area contributed by atoms with E-state index in [9.17, 15) is 14.4 Å². The highest BCUT2D eigenvalue weighted by Crippen LogP contribution is 2.47. The van der Waals surface area contributed by atoms with Crippen LogP contribution in [0.25, 0.3) is 22.5 Å². The number of esters is 2. The van der Waals surface area contributed by atoms with Crippen molar-refractivity contribution in [3.05, 3.63) is 106 Å². The number of hydrogen-bond acceptors (Lipinski definition) is 8. The molecule has 0 saturated heterocycles. The van der Waals surface area contributed by atoms with Crippen LogP contribution in [0.3, 0.4) is 0 Å². The number of carbonyl (C=O) groups excluding carboxylic acids is 2. The van der Waals surface area contributed by atoms with Crippen LogP contribution in [-0.4, -0.2) is 48.5 Å². The molecule has 1 saturated carbocycles. The van der Waals surface area contributed by atoms with Gasteiger partial charge in [-0.25, -0.2) is 14.3 Å². The SMILES string of the molecule is CCCc1c(Cc2ccc(-c3ccccc3-c3nn[nH]n3)cc2)c(=O)n2n1C1(C(=O)Oc3ccc(C(=O)OCC)cc3)CCC2CC1. The largest absolute Gasteiger partial charge is 0.462 e. The summed E-state index contributed by atoms with van der Waals surface area (Å²) < 4.78 is 14.9. The molecule has 0 radical (unpaired) electrons. The lowest BCUT2D eigenvalue weighted by atomic mass is 9.77.